The molecule has 0 aliphatic carbocycles. The second-order valence-electron chi connectivity index (χ2n) is 8.87. The SMILES string of the molecule is CC1(C)\C(=C/C=C/C=C2/C(=O)c3ccccc3S2(=O)=O)N(CCCN)c2ccc(S(=O)(=O)O)cc21. The van der Waals surface area contributed by atoms with Crippen molar-refractivity contribution >= 4 is 31.4 Å². The van der Waals surface area contributed by atoms with Crippen LogP contribution in [0.25, 0.3) is 0 Å². The molecule has 2 heterocycles. The maximum absolute atomic E-state index is 12.8. The summed E-state index contributed by atoms with van der Waals surface area (Å²) in [6.45, 7) is 4.91. The predicted octanol–water partition coefficient (Wildman–Crippen LogP) is 3.37. The van der Waals surface area contributed by atoms with Crippen LogP contribution in [-0.2, 0) is 25.4 Å². The van der Waals surface area contributed by atoms with Gasteiger partial charge in [-0.15, -0.1) is 0 Å². The lowest BCUT2D eigenvalue weighted by Gasteiger charge is -2.26. The number of hydrogen-bond donors (Lipinski definition) is 2. The summed E-state index contributed by atoms with van der Waals surface area (Å²) < 4.78 is 58.4. The Morgan fingerprint density at radius 1 is 1.09 bits per heavy atom. The average Bonchev–Trinajstić information content (AvgIpc) is 3.13. The standard InChI is InChI=1S/C25H26N2O6S2/c1-25(2)19-16-17(35(31,32)33)12-13-20(19)27(15-7-14-26)23(25)11-6-5-10-22-24(28)18-8-3-4-9-21(18)34(22,29)30/h3-6,8-13,16H,7,14-15,26H2,1-2H3,(H,31,32,33)/b6-5+,22-10-,23-11+. The van der Waals surface area contributed by atoms with Gasteiger partial charge in [0, 0.05) is 28.9 Å². The van der Waals surface area contributed by atoms with Crippen LogP contribution in [0.1, 0.15) is 36.2 Å². The first-order valence-corrected chi connectivity index (χ1v) is 13.9. The molecule has 0 aromatic heterocycles. The lowest BCUT2D eigenvalue weighted by molar-refractivity contribution is 0.104. The maximum atomic E-state index is 12.8. The minimum Gasteiger partial charge on any atom is -0.344 e. The summed E-state index contributed by atoms with van der Waals surface area (Å²) in [6, 6.07) is 10.6. The maximum Gasteiger partial charge on any atom is 0.294 e. The van der Waals surface area contributed by atoms with E-state index in [2.05, 4.69) is 0 Å². The van der Waals surface area contributed by atoms with Crippen molar-refractivity contribution in [2.75, 3.05) is 18.0 Å². The molecule has 0 radical (unpaired) electrons. The minimum absolute atomic E-state index is 0.0120. The Hall–Kier alpha value is -3.05. The summed E-state index contributed by atoms with van der Waals surface area (Å²) in [5.41, 5.74) is 7.64. The van der Waals surface area contributed by atoms with E-state index in [9.17, 15) is 26.2 Å². The van der Waals surface area contributed by atoms with Crippen LogP contribution in [0, 0.1) is 0 Å². The van der Waals surface area contributed by atoms with Gasteiger partial charge >= 0.3 is 0 Å². The second kappa shape index (κ2) is 8.87. The third-order valence-corrected chi connectivity index (χ3v) is 8.98. The number of allylic oxidation sites excluding steroid dienone is 6. The number of carbonyl (C=O) groups excluding carboxylic acids is 1. The number of sulfone groups is 1. The van der Waals surface area contributed by atoms with E-state index >= 15 is 0 Å². The summed E-state index contributed by atoms with van der Waals surface area (Å²) in [6.07, 6.45) is 6.95. The average molecular weight is 515 g/mol. The van der Waals surface area contributed by atoms with E-state index in [0.717, 1.165) is 16.9 Å². The summed E-state index contributed by atoms with van der Waals surface area (Å²) in [5, 5.41) is 0. The molecule has 8 nitrogen and oxygen atoms in total. The Labute approximate surface area is 205 Å². The topological polar surface area (TPSA) is 135 Å². The Balaban J connectivity index is 1.72. The number of nitrogens with two attached hydrogens (primary N) is 1. The van der Waals surface area contributed by atoms with Gasteiger partial charge in [-0.3, -0.25) is 9.35 Å². The molecule has 0 amide bonds. The molecule has 3 N–H and O–H groups in total. The van der Waals surface area contributed by atoms with Crippen molar-refractivity contribution in [3.05, 3.63) is 88.5 Å². The minimum atomic E-state index is -4.36. The number of nitrogens with zero attached hydrogens (tertiary/aromatic N) is 1. The van der Waals surface area contributed by atoms with Crippen molar-refractivity contribution < 1.29 is 26.2 Å². The molecule has 10 heteroatoms. The molecular weight excluding hydrogens is 488 g/mol. The van der Waals surface area contributed by atoms with Crippen LogP contribution < -0.4 is 10.6 Å². The Morgan fingerprint density at radius 2 is 1.77 bits per heavy atom. The Bertz CT molecular complexity index is 1520. The fraction of sp³-hybridized carbons (Fsp3) is 0.240. The van der Waals surface area contributed by atoms with Gasteiger partial charge in [-0.05, 0) is 61.0 Å². The number of Topliss-reactive ketones (excluding diaryl/α,β-unsaturated/α-hetero) is 1. The number of carbonyl (C=O) groups is 1. The summed E-state index contributed by atoms with van der Waals surface area (Å²) in [7, 11) is -8.23. The molecule has 0 spiro atoms. The molecule has 4 rings (SSSR count). The molecule has 2 aliphatic rings. The van der Waals surface area contributed by atoms with Crippen molar-refractivity contribution in [3.63, 3.8) is 0 Å². The number of fused-ring (bicyclic) bond motifs is 2. The molecule has 2 aromatic rings. The number of anilines is 1. The summed E-state index contributed by atoms with van der Waals surface area (Å²) in [5.74, 6) is -0.534. The largest absolute Gasteiger partial charge is 0.344 e. The highest BCUT2D eigenvalue weighted by atomic mass is 32.2. The van der Waals surface area contributed by atoms with E-state index in [-0.39, 0.29) is 20.3 Å². The van der Waals surface area contributed by atoms with Gasteiger partial charge in [0.1, 0.15) is 4.91 Å². The monoisotopic (exact) mass is 514 g/mol. The molecular formula is C25H26N2O6S2. The number of ketones is 1. The first-order chi connectivity index (χ1) is 16.4. The smallest absolute Gasteiger partial charge is 0.294 e. The van der Waals surface area contributed by atoms with Gasteiger partial charge in [-0.1, -0.05) is 38.1 Å². The fourth-order valence-electron chi connectivity index (χ4n) is 4.52. The molecule has 35 heavy (non-hydrogen) atoms. The molecule has 0 saturated heterocycles. The van der Waals surface area contributed by atoms with Crippen molar-refractivity contribution in [2.24, 2.45) is 5.73 Å². The Morgan fingerprint density at radius 3 is 2.43 bits per heavy atom. The van der Waals surface area contributed by atoms with Crippen LogP contribution in [0.2, 0.25) is 0 Å². The van der Waals surface area contributed by atoms with Gasteiger partial charge in [0.25, 0.3) is 10.1 Å². The first-order valence-electron chi connectivity index (χ1n) is 11.0. The van der Waals surface area contributed by atoms with Gasteiger partial charge in [0.15, 0.2) is 0 Å². The fourth-order valence-corrected chi connectivity index (χ4v) is 6.59. The highest BCUT2D eigenvalue weighted by Crippen LogP contribution is 2.48. The molecule has 0 unspecified atom stereocenters. The number of hydrogen-bond acceptors (Lipinski definition) is 7. The van der Waals surface area contributed by atoms with Crippen molar-refractivity contribution in [2.45, 2.75) is 35.5 Å². The van der Waals surface area contributed by atoms with Gasteiger partial charge in [-0.25, -0.2) is 8.42 Å². The molecule has 2 aliphatic heterocycles. The third-order valence-electron chi connectivity index (χ3n) is 6.29. The molecule has 184 valence electrons. The lowest BCUT2D eigenvalue weighted by Crippen LogP contribution is -2.28. The normalized spacial score (nSPS) is 20.7. The zero-order chi connectivity index (χ0) is 25.6. The summed E-state index contributed by atoms with van der Waals surface area (Å²) in [4.78, 5) is 14.2. The van der Waals surface area contributed by atoms with Gasteiger partial charge < -0.3 is 10.6 Å². The van der Waals surface area contributed by atoms with Crippen molar-refractivity contribution in [1.29, 1.82) is 0 Å². The van der Waals surface area contributed by atoms with E-state index in [1.807, 2.05) is 18.7 Å². The van der Waals surface area contributed by atoms with E-state index in [1.54, 1.807) is 30.4 Å². The van der Waals surface area contributed by atoms with Crippen LogP contribution in [0.3, 0.4) is 0 Å². The highest BCUT2D eigenvalue weighted by Gasteiger charge is 2.40. The van der Waals surface area contributed by atoms with Crippen molar-refractivity contribution in [1.82, 2.24) is 0 Å². The zero-order valence-corrected chi connectivity index (χ0v) is 20.9. The highest BCUT2D eigenvalue weighted by molar-refractivity contribution is 7.97. The number of rotatable bonds is 6. The predicted molar refractivity (Wildman–Crippen MR) is 134 cm³/mol. The quantitative estimate of drug-likeness (QED) is 0.443. The Kier molecular flexibility index (Phi) is 6.35. The van der Waals surface area contributed by atoms with Crippen LogP contribution >= 0.6 is 0 Å². The van der Waals surface area contributed by atoms with Gasteiger partial charge in [0.05, 0.1) is 9.79 Å². The number of benzene rings is 2. The molecule has 2 aromatic carbocycles. The molecule has 0 fully saturated rings. The van der Waals surface area contributed by atoms with Gasteiger partial charge in [-0.2, -0.15) is 8.42 Å². The lowest BCUT2D eigenvalue weighted by atomic mass is 9.83. The first kappa shape index (κ1) is 25.1. The van der Waals surface area contributed by atoms with Crippen LogP contribution in [0.5, 0.6) is 0 Å². The van der Waals surface area contributed by atoms with Crippen LogP contribution in [0.15, 0.2) is 87.2 Å². The second-order valence-corrected chi connectivity index (χ2v) is 12.2. The van der Waals surface area contributed by atoms with E-state index in [4.69, 9.17) is 5.73 Å². The third kappa shape index (κ3) is 4.27. The zero-order valence-electron chi connectivity index (χ0n) is 19.3. The summed E-state index contributed by atoms with van der Waals surface area (Å²) >= 11 is 0. The van der Waals surface area contributed by atoms with Crippen LogP contribution in [0.4, 0.5) is 5.69 Å². The van der Waals surface area contributed by atoms with E-state index < -0.39 is 31.2 Å². The van der Waals surface area contributed by atoms with E-state index in [1.165, 1.54) is 36.4 Å². The van der Waals surface area contributed by atoms with E-state index in [0.29, 0.717) is 19.5 Å². The van der Waals surface area contributed by atoms with Crippen molar-refractivity contribution in [3.8, 4) is 0 Å². The molecule has 0 atom stereocenters. The molecule has 0 bridgehead atoms. The molecule has 0 saturated carbocycles. The van der Waals surface area contributed by atoms with Crippen LogP contribution in [-0.4, -0.2) is 40.3 Å². The van der Waals surface area contributed by atoms with Gasteiger partial charge in [0.2, 0.25) is 15.6 Å².